The van der Waals surface area contributed by atoms with Crippen LogP contribution in [0.2, 0.25) is 0 Å². The zero-order valence-electron chi connectivity index (χ0n) is 9.01. The van der Waals surface area contributed by atoms with Crippen molar-refractivity contribution in [3.05, 3.63) is 54.1 Å². The molecule has 0 aromatic heterocycles. The summed E-state index contributed by atoms with van der Waals surface area (Å²) < 4.78 is 12.3. The van der Waals surface area contributed by atoms with Crippen molar-refractivity contribution in [2.45, 2.75) is 16.7 Å². The Balaban J connectivity index is 2.44. The summed E-state index contributed by atoms with van der Waals surface area (Å²) in [4.78, 5) is 1.50. The largest absolute Gasteiger partial charge is 0.606 e. The number of nitrogen functional groups attached to an aromatic ring is 1. The first-order chi connectivity index (χ1) is 7.70. The van der Waals surface area contributed by atoms with E-state index in [4.69, 9.17) is 5.73 Å². The van der Waals surface area contributed by atoms with Gasteiger partial charge in [-0.3, -0.25) is 0 Å². The maximum Gasteiger partial charge on any atom is 0.181 e. The van der Waals surface area contributed by atoms with E-state index in [0.717, 1.165) is 10.5 Å². The van der Waals surface area contributed by atoms with Gasteiger partial charge in [-0.15, -0.1) is 0 Å². The number of anilines is 1. The fraction of sp³-hybridized carbons (Fsp3) is 0.0769. The minimum absolute atomic E-state index is 0.573. The average Bonchev–Trinajstić information content (AvgIpc) is 2.29. The Kier molecular flexibility index (Phi) is 3.17. The van der Waals surface area contributed by atoms with Gasteiger partial charge in [0, 0.05) is 16.7 Å². The first-order valence-electron chi connectivity index (χ1n) is 5.02. The molecule has 2 N–H and O–H groups in total. The van der Waals surface area contributed by atoms with Crippen molar-refractivity contribution in [3.8, 4) is 0 Å². The van der Waals surface area contributed by atoms with E-state index in [1.807, 2.05) is 43.3 Å². The molecule has 0 aliphatic rings. The van der Waals surface area contributed by atoms with E-state index in [2.05, 4.69) is 0 Å². The van der Waals surface area contributed by atoms with Crippen LogP contribution >= 0.6 is 0 Å². The second kappa shape index (κ2) is 4.60. The second-order valence-electron chi connectivity index (χ2n) is 3.57. The lowest BCUT2D eigenvalue weighted by atomic mass is 10.2. The van der Waals surface area contributed by atoms with Gasteiger partial charge in [-0.25, -0.2) is 0 Å². The SMILES string of the molecule is Cc1ccccc1[S+]([O-])c1ccccc1N. The number of aryl methyl sites for hydroxylation is 1. The number of hydrogen-bond donors (Lipinski definition) is 1. The summed E-state index contributed by atoms with van der Waals surface area (Å²) in [5.74, 6) is 0. The standard InChI is InChI=1S/C13H13NOS/c1-10-6-2-4-8-12(10)16(15)13-9-5-3-7-11(13)14/h2-9H,14H2,1H3. The molecule has 2 aromatic carbocycles. The number of hydrogen-bond acceptors (Lipinski definition) is 2. The molecule has 0 bridgehead atoms. The van der Waals surface area contributed by atoms with E-state index in [1.165, 1.54) is 0 Å². The Morgan fingerprint density at radius 3 is 2.12 bits per heavy atom. The minimum Gasteiger partial charge on any atom is -0.606 e. The molecule has 0 heterocycles. The fourth-order valence-electron chi connectivity index (χ4n) is 1.53. The number of benzene rings is 2. The monoisotopic (exact) mass is 231 g/mol. The zero-order chi connectivity index (χ0) is 11.5. The van der Waals surface area contributed by atoms with E-state index in [1.54, 1.807) is 12.1 Å². The highest BCUT2D eigenvalue weighted by molar-refractivity contribution is 7.91. The lowest BCUT2D eigenvalue weighted by molar-refractivity contribution is 0.595. The van der Waals surface area contributed by atoms with E-state index in [-0.39, 0.29) is 0 Å². The van der Waals surface area contributed by atoms with E-state index in [9.17, 15) is 4.55 Å². The van der Waals surface area contributed by atoms with Crippen LogP contribution in [-0.4, -0.2) is 4.55 Å². The molecule has 0 aliphatic carbocycles. The second-order valence-corrected chi connectivity index (χ2v) is 4.99. The summed E-state index contributed by atoms with van der Waals surface area (Å²) in [7, 11) is 0. The van der Waals surface area contributed by atoms with E-state index in [0.29, 0.717) is 10.6 Å². The summed E-state index contributed by atoms with van der Waals surface area (Å²) in [6, 6.07) is 14.9. The normalized spacial score (nSPS) is 12.4. The third-order valence-corrected chi connectivity index (χ3v) is 4.04. The number of rotatable bonds is 2. The predicted octanol–water partition coefficient (Wildman–Crippen LogP) is 2.74. The van der Waals surface area contributed by atoms with Gasteiger partial charge in [0.2, 0.25) is 0 Å². The molecule has 0 saturated carbocycles. The van der Waals surface area contributed by atoms with Gasteiger partial charge in [0.05, 0.1) is 5.69 Å². The summed E-state index contributed by atoms with van der Waals surface area (Å²) in [5.41, 5.74) is 7.41. The Morgan fingerprint density at radius 2 is 1.50 bits per heavy atom. The van der Waals surface area contributed by atoms with Crippen LogP contribution in [0.1, 0.15) is 5.56 Å². The van der Waals surface area contributed by atoms with Gasteiger partial charge in [0.15, 0.2) is 9.79 Å². The quantitative estimate of drug-likeness (QED) is 0.638. The van der Waals surface area contributed by atoms with E-state index < -0.39 is 11.2 Å². The molecule has 3 heteroatoms. The predicted molar refractivity (Wildman–Crippen MR) is 66.7 cm³/mol. The molecule has 16 heavy (non-hydrogen) atoms. The fourth-order valence-corrected chi connectivity index (χ4v) is 2.82. The summed E-state index contributed by atoms with van der Waals surface area (Å²) in [6.45, 7) is 1.95. The van der Waals surface area contributed by atoms with Crippen molar-refractivity contribution in [2.75, 3.05) is 5.73 Å². The molecule has 0 saturated heterocycles. The molecule has 1 atom stereocenters. The highest BCUT2D eigenvalue weighted by atomic mass is 32.2. The van der Waals surface area contributed by atoms with Gasteiger partial charge < -0.3 is 10.3 Å². The first-order valence-corrected chi connectivity index (χ1v) is 6.17. The third-order valence-electron chi connectivity index (χ3n) is 2.41. The molecule has 0 radical (unpaired) electrons. The molecule has 2 nitrogen and oxygen atoms in total. The van der Waals surface area contributed by atoms with Gasteiger partial charge in [0.25, 0.3) is 0 Å². The summed E-state index contributed by atoms with van der Waals surface area (Å²) in [6.07, 6.45) is 0. The topological polar surface area (TPSA) is 49.1 Å². The highest BCUT2D eigenvalue weighted by Gasteiger charge is 2.18. The molecule has 2 aromatic rings. The maximum absolute atomic E-state index is 12.3. The van der Waals surface area contributed by atoms with E-state index >= 15 is 0 Å². The molecule has 0 spiro atoms. The van der Waals surface area contributed by atoms with Gasteiger partial charge in [0.1, 0.15) is 0 Å². The van der Waals surface area contributed by atoms with Gasteiger partial charge in [-0.05, 0) is 25.1 Å². The molecular weight excluding hydrogens is 218 g/mol. The van der Waals surface area contributed by atoms with Gasteiger partial charge in [-0.1, -0.05) is 30.3 Å². The van der Waals surface area contributed by atoms with Crippen molar-refractivity contribution in [1.82, 2.24) is 0 Å². The molecule has 1 unspecified atom stereocenters. The minimum atomic E-state index is -1.19. The molecular formula is C13H13NOS. The van der Waals surface area contributed by atoms with Gasteiger partial charge in [-0.2, -0.15) is 0 Å². The van der Waals surface area contributed by atoms with Crippen LogP contribution in [0, 0.1) is 6.92 Å². The number of nitrogens with two attached hydrogens (primary N) is 1. The molecule has 2 rings (SSSR count). The van der Waals surface area contributed by atoms with Crippen LogP contribution in [0.3, 0.4) is 0 Å². The molecule has 0 fully saturated rings. The molecule has 0 aliphatic heterocycles. The van der Waals surface area contributed by atoms with Crippen molar-refractivity contribution in [1.29, 1.82) is 0 Å². The van der Waals surface area contributed by atoms with Crippen molar-refractivity contribution in [3.63, 3.8) is 0 Å². The summed E-state index contributed by atoms with van der Waals surface area (Å²) in [5, 5.41) is 0. The van der Waals surface area contributed by atoms with Crippen LogP contribution in [-0.2, 0) is 11.2 Å². The van der Waals surface area contributed by atoms with Crippen LogP contribution in [0.4, 0.5) is 5.69 Å². The zero-order valence-corrected chi connectivity index (χ0v) is 9.83. The van der Waals surface area contributed by atoms with Crippen molar-refractivity contribution in [2.24, 2.45) is 0 Å². The average molecular weight is 231 g/mol. The summed E-state index contributed by atoms with van der Waals surface area (Å²) >= 11 is -1.19. The first kappa shape index (κ1) is 11.0. The lowest BCUT2D eigenvalue weighted by Crippen LogP contribution is -2.06. The van der Waals surface area contributed by atoms with Crippen LogP contribution in [0.15, 0.2) is 58.3 Å². The van der Waals surface area contributed by atoms with Gasteiger partial charge >= 0.3 is 0 Å². The molecule has 82 valence electrons. The van der Waals surface area contributed by atoms with Crippen molar-refractivity contribution >= 4 is 16.9 Å². The van der Waals surface area contributed by atoms with Crippen LogP contribution in [0.25, 0.3) is 0 Å². The highest BCUT2D eigenvalue weighted by Crippen LogP contribution is 2.27. The van der Waals surface area contributed by atoms with Crippen LogP contribution < -0.4 is 5.73 Å². The van der Waals surface area contributed by atoms with Crippen LogP contribution in [0.5, 0.6) is 0 Å². The molecule has 0 amide bonds. The smallest absolute Gasteiger partial charge is 0.181 e. The lowest BCUT2D eigenvalue weighted by Gasteiger charge is -2.13. The maximum atomic E-state index is 12.3. The van der Waals surface area contributed by atoms with Crippen molar-refractivity contribution < 1.29 is 4.55 Å². The Hall–Kier alpha value is -1.45. The number of para-hydroxylation sites is 1. The Labute approximate surface area is 98.3 Å². The Bertz CT molecular complexity index is 453. The third kappa shape index (κ3) is 2.05. The Morgan fingerprint density at radius 1 is 0.938 bits per heavy atom.